The van der Waals surface area contributed by atoms with Crippen LogP contribution >= 0.6 is 15.9 Å². The summed E-state index contributed by atoms with van der Waals surface area (Å²) in [7, 11) is 0. The topological polar surface area (TPSA) is 38.3 Å². The van der Waals surface area contributed by atoms with E-state index in [-0.39, 0.29) is 6.61 Å². The number of benzene rings is 2. The Bertz CT molecular complexity index is 653. The molecule has 22 heavy (non-hydrogen) atoms. The van der Waals surface area contributed by atoms with Crippen molar-refractivity contribution in [1.29, 1.82) is 0 Å². The summed E-state index contributed by atoms with van der Waals surface area (Å²) in [6, 6.07) is 15.7. The number of hydrogen-bond acceptors (Lipinski definition) is 2. The van der Waals surface area contributed by atoms with E-state index < -0.39 is 6.09 Å². The van der Waals surface area contributed by atoms with Crippen LogP contribution in [0.4, 0.5) is 4.79 Å². The van der Waals surface area contributed by atoms with Gasteiger partial charge in [0.15, 0.2) is 0 Å². The van der Waals surface area contributed by atoms with E-state index >= 15 is 0 Å². The predicted octanol–water partition coefficient (Wildman–Crippen LogP) is 4.70. The molecular weight excluding hydrogens is 342 g/mol. The molecule has 0 bridgehead atoms. The molecule has 3 nitrogen and oxygen atoms in total. The highest BCUT2D eigenvalue weighted by molar-refractivity contribution is 9.10. The largest absolute Gasteiger partial charge is 0.445 e. The van der Waals surface area contributed by atoms with E-state index in [1.807, 2.05) is 61.5 Å². The molecule has 2 rings (SSSR count). The summed E-state index contributed by atoms with van der Waals surface area (Å²) in [6.45, 7) is 2.75. The van der Waals surface area contributed by atoms with Gasteiger partial charge in [-0.3, -0.25) is 0 Å². The minimum Gasteiger partial charge on any atom is -0.445 e. The molecule has 0 aliphatic rings. The Morgan fingerprint density at radius 3 is 2.77 bits per heavy atom. The molecule has 0 heterocycles. The van der Waals surface area contributed by atoms with Crippen LogP contribution in [0.1, 0.15) is 16.7 Å². The Hall–Kier alpha value is -2.07. The first-order chi connectivity index (χ1) is 10.6. The molecule has 0 fully saturated rings. The lowest BCUT2D eigenvalue weighted by Crippen LogP contribution is -2.24. The zero-order chi connectivity index (χ0) is 15.8. The first kappa shape index (κ1) is 16.3. The van der Waals surface area contributed by atoms with Gasteiger partial charge in [0.1, 0.15) is 6.61 Å². The third-order valence-electron chi connectivity index (χ3n) is 3.03. The lowest BCUT2D eigenvalue weighted by atomic mass is 10.1. The van der Waals surface area contributed by atoms with E-state index in [4.69, 9.17) is 4.74 Å². The molecule has 0 aliphatic carbocycles. The summed E-state index contributed by atoms with van der Waals surface area (Å²) >= 11 is 3.50. The van der Waals surface area contributed by atoms with Crippen LogP contribution in [0.25, 0.3) is 6.08 Å². The molecule has 1 N–H and O–H groups in total. The zero-order valence-corrected chi connectivity index (χ0v) is 14.0. The third kappa shape index (κ3) is 5.37. The lowest BCUT2D eigenvalue weighted by molar-refractivity contribution is 0.141. The number of hydrogen-bond donors (Lipinski definition) is 1. The van der Waals surface area contributed by atoms with Gasteiger partial charge in [0.25, 0.3) is 0 Å². The monoisotopic (exact) mass is 359 g/mol. The first-order valence-corrected chi connectivity index (χ1v) is 7.81. The summed E-state index contributed by atoms with van der Waals surface area (Å²) < 4.78 is 6.16. The zero-order valence-electron chi connectivity index (χ0n) is 12.4. The summed E-state index contributed by atoms with van der Waals surface area (Å²) in [5, 5.41) is 2.69. The Morgan fingerprint density at radius 1 is 1.23 bits per heavy atom. The van der Waals surface area contributed by atoms with Crippen molar-refractivity contribution in [2.24, 2.45) is 0 Å². The van der Waals surface area contributed by atoms with Gasteiger partial charge in [-0.1, -0.05) is 76.1 Å². The molecule has 1 amide bonds. The van der Waals surface area contributed by atoms with Gasteiger partial charge in [-0.25, -0.2) is 4.79 Å². The Balaban J connectivity index is 1.75. The van der Waals surface area contributed by atoms with Crippen molar-refractivity contribution in [3.8, 4) is 0 Å². The number of halogens is 1. The Morgan fingerprint density at radius 2 is 2.00 bits per heavy atom. The quantitative estimate of drug-likeness (QED) is 0.840. The third-order valence-corrected chi connectivity index (χ3v) is 3.75. The van der Waals surface area contributed by atoms with Gasteiger partial charge in [-0.2, -0.15) is 0 Å². The van der Waals surface area contributed by atoms with Gasteiger partial charge in [0.2, 0.25) is 0 Å². The predicted molar refractivity (Wildman–Crippen MR) is 92.5 cm³/mol. The fourth-order valence-corrected chi connectivity index (χ4v) is 2.27. The lowest BCUT2D eigenvalue weighted by Gasteiger charge is -2.05. The first-order valence-electron chi connectivity index (χ1n) is 7.02. The van der Waals surface area contributed by atoms with Crippen LogP contribution in [0.3, 0.4) is 0 Å². The maximum absolute atomic E-state index is 11.6. The highest BCUT2D eigenvalue weighted by atomic mass is 79.9. The smallest absolute Gasteiger partial charge is 0.407 e. The molecule has 0 spiro atoms. The summed E-state index contributed by atoms with van der Waals surface area (Å²) in [5.74, 6) is 0. The number of amides is 1. The van der Waals surface area contributed by atoms with Crippen molar-refractivity contribution in [2.45, 2.75) is 13.5 Å². The number of ether oxygens (including phenoxy) is 1. The molecule has 0 radical (unpaired) electrons. The molecule has 0 unspecified atom stereocenters. The van der Waals surface area contributed by atoms with E-state index in [1.165, 1.54) is 5.56 Å². The van der Waals surface area contributed by atoms with E-state index in [1.54, 1.807) is 0 Å². The van der Waals surface area contributed by atoms with E-state index in [2.05, 4.69) is 27.3 Å². The molecule has 0 atom stereocenters. The molecule has 0 saturated heterocycles. The second-order valence-electron chi connectivity index (χ2n) is 4.87. The van der Waals surface area contributed by atoms with Crippen molar-refractivity contribution in [3.05, 3.63) is 75.8 Å². The van der Waals surface area contributed by atoms with Crippen molar-refractivity contribution < 1.29 is 9.53 Å². The normalized spacial score (nSPS) is 10.6. The van der Waals surface area contributed by atoms with E-state index in [0.29, 0.717) is 6.54 Å². The molecule has 2 aromatic rings. The molecule has 0 aliphatic heterocycles. The number of alkyl carbamates (subject to hydrolysis) is 1. The minimum atomic E-state index is -0.420. The second kappa shape index (κ2) is 8.39. The summed E-state index contributed by atoms with van der Waals surface area (Å²) in [6.07, 6.45) is 3.44. The van der Waals surface area contributed by atoms with Crippen molar-refractivity contribution >= 4 is 28.1 Å². The van der Waals surface area contributed by atoms with Crippen molar-refractivity contribution in [1.82, 2.24) is 5.32 Å². The highest BCUT2D eigenvalue weighted by Gasteiger charge is 2.00. The standard InChI is InChI=1S/C18H18BrNO2/c1-14-9-10-17(19)16(12-14)8-5-11-20-18(21)22-13-15-6-3-2-4-7-15/h2-10,12H,11,13H2,1H3,(H,20,21). The highest BCUT2D eigenvalue weighted by Crippen LogP contribution is 2.19. The van der Waals surface area contributed by atoms with E-state index in [0.717, 1.165) is 15.6 Å². The van der Waals surface area contributed by atoms with Gasteiger partial charge < -0.3 is 10.1 Å². The number of rotatable bonds is 5. The Labute approximate surface area is 139 Å². The number of carbonyl (C=O) groups is 1. The molecule has 4 heteroatoms. The van der Waals surface area contributed by atoms with Crippen LogP contribution < -0.4 is 5.32 Å². The maximum Gasteiger partial charge on any atom is 0.407 e. The SMILES string of the molecule is Cc1ccc(Br)c(C=CCNC(=O)OCc2ccccc2)c1. The average Bonchev–Trinajstić information content (AvgIpc) is 2.53. The number of carbonyl (C=O) groups excluding carboxylic acids is 1. The summed E-state index contributed by atoms with van der Waals surface area (Å²) in [5.41, 5.74) is 3.24. The Kier molecular flexibility index (Phi) is 6.22. The minimum absolute atomic E-state index is 0.278. The van der Waals surface area contributed by atoms with Crippen LogP contribution in [0.2, 0.25) is 0 Å². The number of nitrogens with one attached hydrogen (secondary N) is 1. The second-order valence-corrected chi connectivity index (χ2v) is 5.72. The van der Waals surface area contributed by atoms with Gasteiger partial charge >= 0.3 is 6.09 Å². The van der Waals surface area contributed by atoms with E-state index in [9.17, 15) is 4.79 Å². The van der Waals surface area contributed by atoms with Gasteiger partial charge in [-0.05, 0) is 24.1 Å². The molecule has 2 aromatic carbocycles. The molecule has 0 saturated carbocycles. The average molecular weight is 360 g/mol. The van der Waals surface area contributed by atoms with Gasteiger partial charge in [0.05, 0.1) is 0 Å². The molecular formula is C18H18BrNO2. The molecule has 114 valence electrons. The van der Waals surface area contributed by atoms with Crippen molar-refractivity contribution in [3.63, 3.8) is 0 Å². The van der Waals surface area contributed by atoms with Gasteiger partial charge in [-0.15, -0.1) is 0 Å². The van der Waals surface area contributed by atoms with Crippen LogP contribution in [0.5, 0.6) is 0 Å². The maximum atomic E-state index is 11.6. The fraction of sp³-hybridized carbons (Fsp3) is 0.167. The van der Waals surface area contributed by atoms with Crippen LogP contribution in [-0.4, -0.2) is 12.6 Å². The van der Waals surface area contributed by atoms with Crippen LogP contribution in [0.15, 0.2) is 59.1 Å². The molecule has 0 aromatic heterocycles. The fourth-order valence-electron chi connectivity index (χ4n) is 1.89. The van der Waals surface area contributed by atoms with Gasteiger partial charge in [0, 0.05) is 11.0 Å². The van der Waals surface area contributed by atoms with Crippen LogP contribution in [-0.2, 0) is 11.3 Å². The summed E-state index contributed by atoms with van der Waals surface area (Å²) in [4.78, 5) is 11.6. The van der Waals surface area contributed by atoms with Crippen molar-refractivity contribution in [2.75, 3.05) is 6.54 Å². The van der Waals surface area contributed by atoms with Crippen LogP contribution in [0, 0.1) is 6.92 Å². The number of aryl methyl sites for hydroxylation is 1.